The van der Waals surface area contributed by atoms with Gasteiger partial charge in [-0.3, -0.25) is 0 Å². The second-order valence-corrected chi connectivity index (χ2v) is 5.10. The van der Waals surface area contributed by atoms with Gasteiger partial charge < -0.3 is 14.6 Å². The zero-order valence-corrected chi connectivity index (χ0v) is 12.3. The van der Waals surface area contributed by atoms with Crippen molar-refractivity contribution in [2.24, 2.45) is 0 Å². The molecule has 0 aromatic heterocycles. The monoisotopic (exact) mass is 272 g/mol. The van der Waals surface area contributed by atoms with E-state index in [9.17, 15) is 5.11 Å². The topological polar surface area (TPSA) is 38.7 Å². The minimum absolute atomic E-state index is 0.237. The quantitative estimate of drug-likeness (QED) is 0.893. The summed E-state index contributed by atoms with van der Waals surface area (Å²) in [5.74, 6) is 1.56. The summed E-state index contributed by atoms with van der Waals surface area (Å²) in [5, 5.41) is 10.2. The molecule has 0 spiro atoms. The number of ether oxygens (including phenoxy) is 2. The van der Waals surface area contributed by atoms with Crippen LogP contribution in [0.25, 0.3) is 0 Å². The van der Waals surface area contributed by atoms with Gasteiger partial charge in [-0.2, -0.15) is 0 Å². The molecule has 0 aliphatic heterocycles. The van der Waals surface area contributed by atoms with Gasteiger partial charge in [-0.25, -0.2) is 0 Å². The Labute approximate surface area is 114 Å². The van der Waals surface area contributed by atoms with Crippen molar-refractivity contribution in [3.05, 3.63) is 22.2 Å². The van der Waals surface area contributed by atoms with E-state index in [4.69, 9.17) is 21.1 Å². The molecule has 1 unspecified atom stereocenters. The molecule has 1 N–H and O–H groups in total. The molecule has 0 aliphatic carbocycles. The Hall–Kier alpha value is -0.930. The minimum atomic E-state index is -0.446. The average molecular weight is 273 g/mol. The molecule has 0 amide bonds. The van der Waals surface area contributed by atoms with Gasteiger partial charge in [-0.05, 0) is 24.8 Å². The summed E-state index contributed by atoms with van der Waals surface area (Å²) in [6.45, 7) is 5.88. The predicted molar refractivity (Wildman–Crippen MR) is 74.0 cm³/mol. The lowest BCUT2D eigenvalue weighted by Gasteiger charge is -2.21. The molecule has 1 aromatic rings. The van der Waals surface area contributed by atoms with Crippen molar-refractivity contribution in [1.82, 2.24) is 0 Å². The molecule has 3 nitrogen and oxygen atoms in total. The standard InChI is InChI=1S/C14H21ClO3/c1-8(2)13-10(6-9(3)16)11(15)7-12(17-4)14(13)18-5/h7-9,16H,6H2,1-5H3. The van der Waals surface area contributed by atoms with Crippen LogP contribution in [0.2, 0.25) is 5.02 Å². The third-order valence-corrected chi connectivity index (χ3v) is 3.18. The highest BCUT2D eigenvalue weighted by Gasteiger charge is 2.21. The number of halogens is 1. The molecule has 0 saturated heterocycles. The number of aliphatic hydroxyl groups is 1. The molecule has 4 heteroatoms. The largest absolute Gasteiger partial charge is 0.493 e. The zero-order valence-electron chi connectivity index (χ0n) is 11.6. The van der Waals surface area contributed by atoms with E-state index in [1.807, 2.05) is 0 Å². The van der Waals surface area contributed by atoms with E-state index in [0.29, 0.717) is 22.9 Å². The van der Waals surface area contributed by atoms with Crippen LogP contribution in [0.15, 0.2) is 6.07 Å². The first kappa shape index (κ1) is 15.1. The molecule has 0 radical (unpaired) electrons. The summed E-state index contributed by atoms with van der Waals surface area (Å²) in [5.41, 5.74) is 1.93. The van der Waals surface area contributed by atoms with Crippen molar-refractivity contribution in [3.63, 3.8) is 0 Å². The van der Waals surface area contributed by atoms with E-state index < -0.39 is 6.10 Å². The first-order chi connectivity index (χ1) is 8.42. The molecule has 102 valence electrons. The molecule has 18 heavy (non-hydrogen) atoms. The van der Waals surface area contributed by atoms with E-state index in [-0.39, 0.29) is 5.92 Å². The smallest absolute Gasteiger partial charge is 0.164 e. The molecule has 0 saturated carbocycles. The van der Waals surface area contributed by atoms with Crippen molar-refractivity contribution in [1.29, 1.82) is 0 Å². The summed E-state index contributed by atoms with van der Waals surface area (Å²) >= 11 is 6.28. The fraction of sp³-hybridized carbons (Fsp3) is 0.571. The highest BCUT2D eigenvalue weighted by molar-refractivity contribution is 6.31. The second-order valence-electron chi connectivity index (χ2n) is 4.69. The molecule has 0 heterocycles. The normalized spacial score (nSPS) is 12.7. The highest BCUT2D eigenvalue weighted by Crippen LogP contribution is 2.42. The van der Waals surface area contributed by atoms with E-state index in [1.54, 1.807) is 27.2 Å². The van der Waals surface area contributed by atoms with E-state index in [1.165, 1.54) is 0 Å². The van der Waals surface area contributed by atoms with Gasteiger partial charge in [0.1, 0.15) is 0 Å². The Morgan fingerprint density at radius 1 is 1.22 bits per heavy atom. The number of hydrogen-bond donors (Lipinski definition) is 1. The van der Waals surface area contributed by atoms with Gasteiger partial charge >= 0.3 is 0 Å². The fourth-order valence-corrected chi connectivity index (χ4v) is 2.42. The molecule has 0 fully saturated rings. The maximum atomic E-state index is 9.60. The third kappa shape index (κ3) is 3.09. The molecule has 1 aromatic carbocycles. The van der Waals surface area contributed by atoms with Crippen LogP contribution in [0.4, 0.5) is 0 Å². The molecule has 1 atom stereocenters. The number of methoxy groups -OCH3 is 2. The summed E-state index contributed by atoms with van der Waals surface area (Å²) in [6.07, 6.45) is 0.0604. The lowest BCUT2D eigenvalue weighted by molar-refractivity contribution is 0.195. The second kappa shape index (κ2) is 6.30. The lowest BCUT2D eigenvalue weighted by Crippen LogP contribution is -2.10. The van der Waals surface area contributed by atoms with Crippen molar-refractivity contribution in [2.75, 3.05) is 14.2 Å². The van der Waals surface area contributed by atoms with Crippen LogP contribution in [0.3, 0.4) is 0 Å². The molecule has 0 aliphatic rings. The van der Waals surface area contributed by atoms with Gasteiger partial charge in [0.15, 0.2) is 11.5 Å². The maximum Gasteiger partial charge on any atom is 0.164 e. The zero-order chi connectivity index (χ0) is 13.9. The predicted octanol–water partition coefficient (Wildman–Crippen LogP) is 3.40. The number of aliphatic hydroxyl groups excluding tert-OH is 1. The van der Waals surface area contributed by atoms with Crippen LogP contribution in [0, 0.1) is 0 Å². The minimum Gasteiger partial charge on any atom is -0.493 e. The van der Waals surface area contributed by atoms with Gasteiger partial charge in [0.05, 0.1) is 20.3 Å². The van der Waals surface area contributed by atoms with E-state index in [2.05, 4.69) is 13.8 Å². The van der Waals surface area contributed by atoms with Crippen LogP contribution >= 0.6 is 11.6 Å². The van der Waals surface area contributed by atoms with Crippen LogP contribution in [0.1, 0.15) is 37.8 Å². The van der Waals surface area contributed by atoms with Crippen LogP contribution in [0.5, 0.6) is 11.5 Å². The van der Waals surface area contributed by atoms with Crippen molar-refractivity contribution >= 4 is 11.6 Å². The molecule has 0 bridgehead atoms. The van der Waals surface area contributed by atoms with Gasteiger partial charge in [0.25, 0.3) is 0 Å². The van der Waals surface area contributed by atoms with Crippen molar-refractivity contribution in [2.45, 2.75) is 39.2 Å². The first-order valence-corrected chi connectivity index (χ1v) is 6.41. The Morgan fingerprint density at radius 2 is 1.83 bits per heavy atom. The Kier molecular flexibility index (Phi) is 5.29. The third-order valence-electron chi connectivity index (χ3n) is 2.84. The van der Waals surface area contributed by atoms with Gasteiger partial charge in [-0.15, -0.1) is 0 Å². The summed E-state index contributed by atoms with van der Waals surface area (Å²) in [6, 6.07) is 1.74. The van der Waals surface area contributed by atoms with E-state index >= 15 is 0 Å². The van der Waals surface area contributed by atoms with Crippen LogP contribution in [-0.4, -0.2) is 25.4 Å². The van der Waals surface area contributed by atoms with Gasteiger partial charge in [0.2, 0.25) is 0 Å². The average Bonchev–Trinajstić information content (AvgIpc) is 2.29. The summed E-state index contributed by atoms with van der Waals surface area (Å²) in [4.78, 5) is 0. The van der Waals surface area contributed by atoms with E-state index in [0.717, 1.165) is 11.1 Å². The number of rotatable bonds is 5. The molecule has 1 rings (SSSR count). The van der Waals surface area contributed by atoms with Crippen LogP contribution < -0.4 is 9.47 Å². The lowest BCUT2D eigenvalue weighted by atomic mass is 9.92. The SMILES string of the molecule is COc1cc(Cl)c(CC(C)O)c(C(C)C)c1OC. The Bertz CT molecular complexity index is 414. The van der Waals surface area contributed by atoms with Crippen molar-refractivity contribution < 1.29 is 14.6 Å². The first-order valence-electron chi connectivity index (χ1n) is 6.03. The van der Waals surface area contributed by atoms with Gasteiger partial charge in [0, 0.05) is 16.7 Å². The fourth-order valence-electron chi connectivity index (χ4n) is 2.14. The maximum absolute atomic E-state index is 9.60. The number of benzene rings is 1. The van der Waals surface area contributed by atoms with Gasteiger partial charge in [-0.1, -0.05) is 25.4 Å². The summed E-state index contributed by atoms with van der Waals surface area (Å²) < 4.78 is 10.7. The highest BCUT2D eigenvalue weighted by atomic mass is 35.5. The Balaban J connectivity index is 3.48. The van der Waals surface area contributed by atoms with Crippen molar-refractivity contribution in [3.8, 4) is 11.5 Å². The molecular formula is C14H21ClO3. The summed E-state index contributed by atoms with van der Waals surface area (Å²) in [7, 11) is 3.20. The number of hydrogen-bond acceptors (Lipinski definition) is 3. The molecular weight excluding hydrogens is 252 g/mol. The van der Waals surface area contributed by atoms with Crippen LogP contribution in [-0.2, 0) is 6.42 Å². The Morgan fingerprint density at radius 3 is 2.22 bits per heavy atom.